The van der Waals surface area contributed by atoms with Gasteiger partial charge in [0.05, 0.1) is 16.8 Å². The number of ether oxygens (including phenoxy) is 1. The first-order valence-electron chi connectivity index (χ1n) is 10.8. The van der Waals surface area contributed by atoms with Crippen LogP contribution < -0.4 is 10.1 Å². The highest BCUT2D eigenvalue weighted by Crippen LogP contribution is 2.35. The zero-order valence-electron chi connectivity index (χ0n) is 19.0. The van der Waals surface area contributed by atoms with Crippen LogP contribution in [0.2, 0.25) is 0 Å². The summed E-state index contributed by atoms with van der Waals surface area (Å²) in [4.78, 5) is 13.0. The van der Waals surface area contributed by atoms with E-state index in [0.29, 0.717) is 35.0 Å². The molecule has 0 radical (unpaired) electrons. The second-order valence-corrected chi connectivity index (χ2v) is 8.95. The molecule has 0 bridgehead atoms. The van der Waals surface area contributed by atoms with Crippen LogP contribution in [0.4, 0.5) is 18.9 Å². The Hall–Kier alpha value is -3.52. The number of nitrogens with zero attached hydrogens (tertiary/aromatic N) is 1. The molecule has 0 fully saturated rings. The number of carbonyl (C=O) groups is 1. The molecule has 0 saturated carbocycles. The highest BCUT2D eigenvalue weighted by atomic mass is 79.9. The Bertz CT molecular complexity index is 1360. The average Bonchev–Trinajstić information content (AvgIpc) is 3.12. The van der Waals surface area contributed by atoms with Gasteiger partial charge in [0.1, 0.15) is 12.4 Å². The second-order valence-electron chi connectivity index (χ2n) is 8.03. The van der Waals surface area contributed by atoms with Crippen LogP contribution in [0.5, 0.6) is 5.75 Å². The van der Waals surface area contributed by atoms with Crippen molar-refractivity contribution >= 4 is 27.5 Å². The molecule has 0 aliphatic rings. The molecule has 0 spiro atoms. The molecule has 4 rings (SSSR count). The summed E-state index contributed by atoms with van der Waals surface area (Å²) in [6.07, 6.45) is -4.52. The normalized spacial score (nSPS) is 11.4. The minimum atomic E-state index is -4.52. The SMILES string of the molecule is Cc1cc(C(=O)Nc2cccc(OCc3ccc(Br)cc3)c2)c(C)n1-c1ccccc1C(F)(F)F. The number of alkyl halides is 3. The van der Waals surface area contributed by atoms with Crippen molar-refractivity contribution in [3.8, 4) is 11.4 Å². The van der Waals surface area contributed by atoms with E-state index in [9.17, 15) is 18.0 Å². The molecular weight excluding hydrogens is 521 g/mol. The Labute approximate surface area is 209 Å². The van der Waals surface area contributed by atoms with Gasteiger partial charge in [-0.3, -0.25) is 4.79 Å². The number of benzene rings is 3. The molecule has 1 aromatic heterocycles. The molecule has 4 nitrogen and oxygen atoms in total. The van der Waals surface area contributed by atoms with Crippen LogP contribution in [0.1, 0.15) is 32.9 Å². The third-order valence-corrected chi connectivity index (χ3v) is 6.07. The number of hydrogen-bond donors (Lipinski definition) is 1. The summed E-state index contributed by atoms with van der Waals surface area (Å²) in [5, 5.41) is 2.82. The Morgan fingerprint density at radius 1 is 0.971 bits per heavy atom. The number of aromatic nitrogens is 1. The summed E-state index contributed by atoms with van der Waals surface area (Å²) in [6.45, 7) is 3.67. The van der Waals surface area contributed by atoms with Crippen LogP contribution >= 0.6 is 15.9 Å². The number of carbonyl (C=O) groups excluding carboxylic acids is 1. The third kappa shape index (κ3) is 5.59. The standard InChI is InChI=1S/C27H22BrF3N2O2/c1-17-14-23(18(2)33(17)25-9-4-3-8-24(25)27(29,30)31)26(34)32-21-6-5-7-22(15-21)35-16-19-10-12-20(28)13-11-19/h3-15H,16H2,1-2H3,(H,32,34). The van der Waals surface area contributed by atoms with E-state index in [-0.39, 0.29) is 5.69 Å². The first kappa shape index (κ1) is 24.6. The van der Waals surface area contributed by atoms with Crippen molar-refractivity contribution in [3.05, 3.63) is 111 Å². The van der Waals surface area contributed by atoms with Gasteiger partial charge in [-0.15, -0.1) is 0 Å². The molecule has 0 aliphatic carbocycles. The van der Waals surface area contributed by atoms with Crippen molar-refractivity contribution in [1.29, 1.82) is 0 Å². The summed E-state index contributed by atoms with van der Waals surface area (Å²) in [5.74, 6) is 0.161. The lowest BCUT2D eigenvalue weighted by Crippen LogP contribution is -2.15. The van der Waals surface area contributed by atoms with Crippen molar-refractivity contribution in [2.75, 3.05) is 5.32 Å². The smallest absolute Gasteiger partial charge is 0.418 e. The van der Waals surface area contributed by atoms with Gasteiger partial charge in [0.2, 0.25) is 0 Å². The van der Waals surface area contributed by atoms with Crippen LogP contribution in [-0.2, 0) is 12.8 Å². The molecule has 1 N–H and O–H groups in total. The number of hydrogen-bond acceptors (Lipinski definition) is 2. The zero-order valence-corrected chi connectivity index (χ0v) is 20.6. The monoisotopic (exact) mass is 542 g/mol. The van der Waals surface area contributed by atoms with Crippen molar-refractivity contribution in [3.63, 3.8) is 0 Å². The molecule has 1 amide bonds. The van der Waals surface area contributed by atoms with E-state index in [0.717, 1.165) is 16.1 Å². The molecule has 8 heteroatoms. The van der Waals surface area contributed by atoms with Gasteiger partial charge in [0.25, 0.3) is 5.91 Å². The number of aryl methyl sites for hydroxylation is 1. The minimum absolute atomic E-state index is 0.0163. The number of anilines is 1. The first-order valence-corrected chi connectivity index (χ1v) is 11.6. The van der Waals surface area contributed by atoms with Gasteiger partial charge in [-0.25, -0.2) is 0 Å². The van der Waals surface area contributed by atoms with E-state index >= 15 is 0 Å². The van der Waals surface area contributed by atoms with Crippen LogP contribution in [0.25, 0.3) is 5.69 Å². The van der Waals surface area contributed by atoms with Crippen molar-refractivity contribution in [2.24, 2.45) is 0 Å². The topological polar surface area (TPSA) is 43.3 Å². The lowest BCUT2D eigenvalue weighted by Gasteiger charge is -2.17. The highest BCUT2D eigenvalue weighted by Gasteiger charge is 2.34. The van der Waals surface area contributed by atoms with Gasteiger partial charge in [-0.05, 0) is 61.9 Å². The molecular formula is C27H22BrF3N2O2. The van der Waals surface area contributed by atoms with Gasteiger partial charge in [0, 0.05) is 27.6 Å². The van der Waals surface area contributed by atoms with E-state index in [2.05, 4.69) is 21.2 Å². The fourth-order valence-electron chi connectivity index (χ4n) is 3.88. The van der Waals surface area contributed by atoms with E-state index in [1.165, 1.54) is 16.7 Å². The summed E-state index contributed by atoms with van der Waals surface area (Å²) >= 11 is 3.40. The average molecular weight is 543 g/mol. The molecule has 1 heterocycles. The number of para-hydroxylation sites is 1. The summed E-state index contributed by atoms with van der Waals surface area (Å²) in [5.41, 5.74) is 1.97. The Balaban J connectivity index is 1.54. The van der Waals surface area contributed by atoms with Gasteiger partial charge in [0.15, 0.2) is 0 Å². The first-order chi connectivity index (χ1) is 16.6. The number of nitrogens with one attached hydrogen (secondary N) is 1. The molecule has 0 saturated heterocycles. The highest BCUT2D eigenvalue weighted by molar-refractivity contribution is 9.10. The van der Waals surface area contributed by atoms with Gasteiger partial charge in [-0.2, -0.15) is 13.2 Å². The van der Waals surface area contributed by atoms with Crippen molar-refractivity contribution in [1.82, 2.24) is 4.57 Å². The Kier molecular flexibility index (Phi) is 7.03. The fourth-order valence-corrected chi connectivity index (χ4v) is 4.15. The lowest BCUT2D eigenvalue weighted by molar-refractivity contribution is -0.137. The maximum Gasteiger partial charge on any atom is 0.418 e. The predicted molar refractivity (Wildman–Crippen MR) is 133 cm³/mol. The molecule has 3 aromatic carbocycles. The van der Waals surface area contributed by atoms with E-state index in [4.69, 9.17) is 4.74 Å². The molecule has 35 heavy (non-hydrogen) atoms. The van der Waals surface area contributed by atoms with E-state index in [1.54, 1.807) is 50.2 Å². The summed E-state index contributed by atoms with van der Waals surface area (Å²) in [6, 6.07) is 21.6. The molecule has 0 unspecified atom stereocenters. The summed E-state index contributed by atoms with van der Waals surface area (Å²) < 4.78 is 49.0. The molecule has 180 valence electrons. The molecule has 0 atom stereocenters. The van der Waals surface area contributed by atoms with E-state index in [1.807, 2.05) is 24.3 Å². The summed E-state index contributed by atoms with van der Waals surface area (Å²) in [7, 11) is 0. The van der Waals surface area contributed by atoms with Gasteiger partial charge >= 0.3 is 6.18 Å². The predicted octanol–water partition coefficient (Wildman–Crippen LogP) is 7.71. The maximum atomic E-state index is 13.6. The lowest BCUT2D eigenvalue weighted by atomic mass is 10.1. The molecule has 0 aliphatic heterocycles. The van der Waals surface area contributed by atoms with Crippen molar-refractivity contribution in [2.45, 2.75) is 26.6 Å². The maximum absolute atomic E-state index is 13.6. The second kappa shape index (κ2) is 10.00. The largest absolute Gasteiger partial charge is 0.489 e. The van der Waals surface area contributed by atoms with Crippen molar-refractivity contribution < 1.29 is 22.7 Å². The van der Waals surface area contributed by atoms with Crippen LogP contribution in [-0.4, -0.2) is 10.5 Å². The van der Waals surface area contributed by atoms with E-state index < -0.39 is 17.6 Å². The quantitative estimate of drug-likeness (QED) is 0.271. The number of amides is 1. The van der Waals surface area contributed by atoms with Crippen LogP contribution in [0.15, 0.2) is 83.3 Å². The number of rotatable bonds is 6. The van der Waals surface area contributed by atoms with Gasteiger partial charge in [-0.1, -0.05) is 46.3 Å². The number of halogens is 4. The van der Waals surface area contributed by atoms with Crippen LogP contribution in [0, 0.1) is 13.8 Å². The third-order valence-electron chi connectivity index (χ3n) is 5.54. The fraction of sp³-hybridized carbons (Fsp3) is 0.148. The van der Waals surface area contributed by atoms with Crippen LogP contribution in [0.3, 0.4) is 0 Å². The zero-order chi connectivity index (χ0) is 25.2. The minimum Gasteiger partial charge on any atom is -0.489 e. The van der Waals surface area contributed by atoms with Gasteiger partial charge < -0.3 is 14.6 Å². The molecule has 4 aromatic rings. The Morgan fingerprint density at radius 3 is 2.40 bits per heavy atom. The Morgan fingerprint density at radius 2 is 1.69 bits per heavy atom.